The number of carbonyl (C=O) groups excluding carboxylic acids is 1. The molecular weight excluding hydrogens is 256 g/mol. The molecule has 0 spiro atoms. The second-order valence-electron chi connectivity index (χ2n) is 3.99. The molecule has 0 aliphatic heterocycles. The Hall–Kier alpha value is -0.710. The zero-order chi connectivity index (χ0) is 12.1. The summed E-state index contributed by atoms with van der Waals surface area (Å²) in [6.07, 6.45) is 2.02. The predicted molar refractivity (Wildman–Crippen MR) is 76.9 cm³/mol. The van der Waals surface area contributed by atoms with Crippen LogP contribution in [0, 0.1) is 5.92 Å². The fourth-order valence-electron chi connectivity index (χ4n) is 1.20. The summed E-state index contributed by atoms with van der Waals surface area (Å²) in [6, 6.07) is 7.26. The minimum atomic E-state index is -0.458. The van der Waals surface area contributed by atoms with Crippen LogP contribution in [0.1, 0.15) is 13.8 Å². The molecule has 0 saturated heterocycles. The first-order valence-corrected chi connectivity index (χ1v) is 6.47. The monoisotopic (exact) mass is 274 g/mol. The maximum atomic E-state index is 11.7. The molecule has 1 aromatic carbocycles. The van der Waals surface area contributed by atoms with E-state index in [2.05, 4.69) is 5.32 Å². The normalized spacial score (nSPS) is 11.8. The Morgan fingerprint density at radius 2 is 1.82 bits per heavy atom. The minimum Gasteiger partial charge on any atom is -0.325 e. The molecule has 96 valence electrons. The third-order valence-electron chi connectivity index (χ3n) is 2.38. The van der Waals surface area contributed by atoms with E-state index >= 15 is 0 Å². The molecule has 0 radical (unpaired) electrons. The van der Waals surface area contributed by atoms with Crippen LogP contribution in [-0.4, -0.2) is 18.2 Å². The average molecular weight is 275 g/mol. The largest absolute Gasteiger partial charge is 0.325 e. The zero-order valence-corrected chi connectivity index (χ0v) is 11.9. The zero-order valence-electron chi connectivity index (χ0n) is 10.3. The smallest absolute Gasteiger partial charge is 0.241 e. The van der Waals surface area contributed by atoms with Crippen LogP contribution >= 0.6 is 24.2 Å². The summed E-state index contributed by atoms with van der Waals surface area (Å²) in [6.45, 7) is 3.86. The number of hydrogen-bond acceptors (Lipinski definition) is 3. The second-order valence-corrected chi connectivity index (χ2v) is 4.87. The highest BCUT2D eigenvalue weighted by molar-refractivity contribution is 7.98. The predicted octanol–water partition coefficient (Wildman–Crippen LogP) is 2.75. The quantitative estimate of drug-likeness (QED) is 0.830. The van der Waals surface area contributed by atoms with Gasteiger partial charge in [-0.3, -0.25) is 4.79 Å². The summed E-state index contributed by atoms with van der Waals surface area (Å²) in [4.78, 5) is 12.8. The van der Waals surface area contributed by atoms with Crippen LogP contribution in [0.25, 0.3) is 0 Å². The third-order valence-corrected chi connectivity index (χ3v) is 3.12. The second kappa shape index (κ2) is 7.58. The Kier molecular flexibility index (Phi) is 7.27. The van der Waals surface area contributed by atoms with Crippen LogP contribution in [-0.2, 0) is 4.79 Å². The molecule has 3 nitrogen and oxygen atoms in total. The van der Waals surface area contributed by atoms with Gasteiger partial charge in [0.05, 0.1) is 6.04 Å². The van der Waals surface area contributed by atoms with Crippen molar-refractivity contribution < 1.29 is 4.79 Å². The molecule has 0 aliphatic rings. The van der Waals surface area contributed by atoms with E-state index in [-0.39, 0.29) is 24.2 Å². The molecule has 0 heterocycles. The molecule has 17 heavy (non-hydrogen) atoms. The Bertz CT molecular complexity index is 354. The fraction of sp³-hybridized carbons (Fsp3) is 0.417. The molecule has 1 amide bonds. The fourth-order valence-corrected chi connectivity index (χ4v) is 1.61. The topological polar surface area (TPSA) is 55.1 Å². The van der Waals surface area contributed by atoms with E-state index in [1.807, 2.05) is 44.4 Å². The number of nitrogens with two attached hydrogens (primary N) is 1. The van der Waals surface area contributed by atoms with E-state index in [1.165, 1.54) is 4.90 Å². The van der Waals surface area contributed by atoms with Crippen molar-refractivity contribution in [1.29, 1.82) is 0 Å². The molecule has 0 unspecified atom stereocenters. The van der Waals surface area contributed by atoms with Crippen LogP contribution in [0.3, 0.4) is 0 Å². The van der Waals surface area contributed by atoms with Gasteiger partial charge < -0.3 is 11.1 Å². The van der Waals surface area contributed by atoms with E-state index in [0.29, 0.717) is 0 Å². The Morgan fingerprint density at radius 3 is 2.24 bits per heavy atom. The van der Waals surface area contributed by atoms with Crippen molar-refractivity contribution >= 4 is 35.8 Å². The van der Waals surface area contributed by atoms with Gasteiger partial charge in [0, 0.05) is 10.6 Å². The maximum Gasteiger partial charge on any atom is 0.241 e. The highest BCUT2D eigenvalue weighted by Gasteiger charge is 2.16. The molecule has 0 aliphatic carbocycles. The molecular formula is C12H19ClN2OS. The lowest BCUT2D eigenvalue weighted by Gasteiger charge is -2.15. The Morgan fingerprint density at radius 1 is 1.29 bits per heavy atom. The molecule has 5 heteroatoms. The summed E-state index contributed by atoms with van der Waals surface area (Å²) in [5, 5.41) is 2.80. The van der Waals surface area contributed by atoms with Crippen molar-refractivity contribution in [1.82, 2.24) is 0 Å². The summed E-state index contributed by atoms with van der Waals surface area (Å²) < 4.78 is 0. The van der Waals surface area contributed by atoms with Crippen LogP contribution < -0.4 is 11.1 Å². The van der Waals surface area contributed by atoms with Gasteiger partial charge in [-0.1, -0.05) is 13.8 Å². The van der Waals surface area contributed by atoms with Crippen molar-refractivity contribution in [3.63, 3.8) is 0 Å². The first-order valence-electron chi connectivity index (χ1n) is 5.25. The maximum absolute atomic E-state index is 11.7. The molecule has 1 aromatic rings. The third kappa shape index (κ3) is 4.98. The lowest BCUT2D eigenvalue weighted by Crippen LogP contribution is -2.39. The highest BCUT2D eigenvalue weighted by Crippen LogP contribution is 2.17. The van der Waals surface area contributed by atoms with Crippen LogP contribution in [0.15, 0.2) is 29.2 Å². The van der Waals surface area contributed by atoms with Crippen molar-refractivity contribution in [3.05, 3.63) is 24.3 Å². The molecule has 0 fully saturated rings. The lowest BCUT2D eigenvalue weighted by molar-refractivity contribution is -0.118. The summed E-state index contributed by atoms with van der Waals surface area (Å²) in [5.41, 5.74) is 6.54. The first kappa shape index (κ1) is 16.3. The number of halogens is 1. The van der Waals surface area contributed by atoms with Crippen molar-refractivity contribution in [2.75, 3.05) is 11.6 Å². The van der Waals surface area contributed by atoms with Crippen molar-refractivity contribution in [2.24, 2.45) is 11.7 Å². The van der Waals surface area contributed by atoms with Crippen LogP contribution in [0.2, 0.25) is 0 Å². The van der Waals surface area contributed by atoms with E-state index in [4.69, 9.17) is 5.73 Å². The van der Waals surface area contributed by atoms with Crippen molar-refractivity contribution in [2.45, 2.75) is 24.8 Å². The first-order chi connectivity index (χ1) is 7.54. The van der Waals surface area contributed by atoms with Gasteiger partial charge in [0.25, 0.3) is 0 Å². The number of nitrogens with one attached hydrogen (secondary N) is 1. The van der Waals surface area contributed by atoms with E-state index in [0.717, 1.165) is 5.69 Å². The number of hydrogen-bond donors (Lipinski definition) is 2. The van der Waals surface area contributed by atoms with Gasteiger partial charge >= 0.3 is 0 Å². The lowest BCUT2D eigenvalue weighted by atomic mass is 10.1. The number of anilines is 1. The molecule has 1 rings (SSSR count). The molecule has 0 saturated carbocycles. The summed E-state index contributed by atoms with van der Waals surface area (Å²) in [7, 11) is 0. The minimum absolute atomic E-state index is 0. The van der Waals surface area contributed by atoms with Gasteiger partial charge in [0.15, 0.2) is 0 Å². The highest BCUT2D eigenvalue weighted by atomic mass is 35.5. The van der Waals surface area contributed by atoms with Gasteiger partial charge in [0.1, 0.15) is 0 Å². The van der Waals surface area contributed by atoms with Gasteiger partial charge in [-0.15, -0.1) is 24.2 Å². The molecule has 1 atom stereocenters. The number of rotatable bonds is 4. The Balaban J connectivity index is 0.00000256. The standard InChI is InChI=1S/C12H18N2OS.ClH/c1-8(2)11(13)12(15)14-9-4-6-10(16-3)7-5-9;/h4-8,11H,13H2,1-3H3,(H,14,15);1H/t11-;/m1./s1. The van der Waals surface area contributed by atoms with Gasteiger partial charge in [-0.25, -0.2) is 0 Å². The number of thioether (sulfide) groups is 1. The van der Waals surface area contributed by atoms with E-state index < -0.39 is 6.04 Å². The molecule has 3 N–H and O–H groups in total. The number of amides is 1. The SMILES string of the molecule is CSc1ccc(NC(=O)[C@H](N)C(C)C)cc1.Cl. The van der Waals surface area contributed by atoms with Gasteiger partial charge in [-0.2, -0.15) is 0 Å². The molecule has 0 aromatic heterocycles. The average Bonchev–Trinajstić information content (AvgIpc) is 2.28. The number of benzene rings is 1. The van der Waals surface area contributed by atoms with Crippen LogP contribution in [0.5, 0.6) is 0 Å². The van der Waals surface area contributed by atoms with E-state index in [9.17, 15) is 4.79 Å². The van der Waals surface area contributed by atoms with E-state index in [1.54, 1.807) is 11.8 Å². The van der Waals surface area contributed by atoms with Crippen LogP contribution in [0.4, 0.5) is 5.69 Å². The summed E-state index contributed by atoms with van der Waals surface area (Å²) >= 11 is 1.67. The van der Waals surface area contributed by atoms with Gasteiger partial charge in [-0.05, 0) is 36.4 Å². The van der Waals surface area contributed by atoms with Crippen molar-refractivity contribution in [3.8, 4) is 0 Å². The molecule has 0 bridgehead atoms. The Labute approximate surface area is 113 Å². The number of carbonyl (C=O) groups is 1. The summed E-state index contributed by atoms with van der Waals surface area (Å²) in [5.74, 6) is 0.0115. The van der Waals surface area contributed by atoms with Gasteiger partial charge in [0.2, 0.25) is 5.91 Å².